The Hall–Kier alpha value is -1.67. The van der Waals surface area contributed by atoms with Crippen molar-refractivity contribution in [3.05, 3.63) is 52.5 Å². The summed E-state index contributed by atoms with van der Waals surface area (Å²) in [6.07, 6.45) is 1.62. The van der Waals surface area contributed by atoms with Crippen molar-refractivity contribution in [2.24, 2.45) is 0 Å². The molecule has 6 nitrogen and oxygen atoms in total. The lowest BCUT2D eigenvalue weighted by Crippen LogP contribution is -2.43. The molecule has 0 bridgehead atoms. The maximum Gasteiger partial charge on any atom is 0.241 e. The maximum absolute atomic E-state index is 13.2. The first-order valence-corrected chi connectivity index (χ1v) is 10.7. The standard InChI is InChI=1S/C20H28N2O4S/c1-14-12-15(2)17(4)20(16(14)3)27(23,24)21-13-18(19-6-5-9-26-19)22-7-10-25-11-8-22/h5-6,9,12,18,21H,7-8,10-11,13H2,1-4H3. The molecule has 1 aromatic heterocycles. The van der Waals surface area contributed by atoms with Crippen LogP contribution in [0.1, 0.15) is 34.1 Å². The third-order valence-electron chi connectivity index (χ3n) is 5.39. The van der Waals surface area contributed by atoms with Crippen LogP contribution in [-0.4, -0.2) is 46.2 Å². The number of benzene rings is 1. The largest absolute Gasteiger partial charge is 0.468 e. The monoisotopic (exact) mass is 392 g/mol. The van der Waals surface area contributed by atoms with E-state index >= 15 is 0 Å². The Labute approximate surface area is 161 Å². The van der Waals surface area contributed by atoms with Crippen molar-refractivity contribution in [1.29, 1.82) is 0 Å². The summed E-state index contributed by atoms with van der Waals surface area (Å²) in [7, 11) is -3.64. The predicted octanol–water partition coefficient (Wildman–Crippen LogP) is 2.87. The first-order valence-electron chi connectivity index (χ1n) is 9.23. The number of ether oxygens (including phenoxy) is 1. The summed E-state index contributed by atoms with van der Waals surface area (Å²) in [5.41, 5.74) is 3.56. The molecule has 1 saturated heterocycles. The van der Waals surface area contributed by atoms with Gasteiger partial charge in [-0.3, -0.25) is 4.90 Å². The molecule has 2 heterocycles. The van der Waals surface area contributed by atoms with Crippen LogP contribution in [0.2, 0.25) is 0 Å². The number of hydrogen-bond donors (Lipinski definition) is 1. The second-order valence-corrected chi connectivity index (χ2v) is 8.82. The first kappa shape index (κ1) is 20.1. The smallest absolute Gasteiger partial charge is 0.241 e. The fraction of sp³-hybridized carbons (Fsp3) is 0.500. The highest BCUT2D eigenvalue weighted by molar-refractivity contribution is 7.89. The van der Waals surface area contributed by atoms with E-state index in [1.54, 1.807) is 6.26 Å². The van der Waals surface area contributed by atoms with Crippen LogP contribution in [0.15, 0.2) is 33.8 Å². The molecule has 0 spiro atoms. The zero-order valence-electron chi connectivity index (χ0n) is 16.4. The highest BCUT2D eigenvalue weighted by atomic mass is 32.2. The molecular weight excluding hydrogens is 364 g/mol. The fourth-order valence-corrected chi connectivity index (χ4v) is 5.27. The summed E-state index contributed by atoms with van der Waals surface area (Å²) >= 11 is 0. The maximum atomic E-state index is 13.2. The van der Waals surface area contributed by atoms with Gasteiger partial charge < -0.3 is 9.15 Å². The lowest BCUT2D eigenvalue weighted by molar-refractivity contribution is 0.0128. The fourth-order valence-electron chi connectivity index (χ4n) is 3.62. The molecule has 1 fully saturated rings. The van der Waals surface area contributed by atoms with Gasteiger partial charge >= 0.3 is 0 Å². The SMILES string of the molecule is Cc1cc(C)c(C)c(S(=O)(=O)NCC(c2ccco2)N2CCOCC2)c1C. The van der Waals surface area contributed by atoms with Crippen LogP contribution >= 0.6 is 0 Å². The van der Waals surface area contributed by atoms with E-state index in [2.05, 4.69) is 9.62 Å². The summed E-state index contributed by atoms with van der Waals surface area (Å²) in [4.78, 5) is 2.59. The topological polar surface area (TPSA) is 71.8 Å². The zero-order chi connectivity index (χ0) is 19.6. The molecule has 1 aliphatic rings. The second-order valence-electron chi connectivity index (χ2n) is 7.12. The van der Waals surface area contributed by atoms with Crippen molar-refractivity contribution in [3.8, 4) is 0 Å². The van der Waals surface area contributed by atoms with Gasteiger partial charge in [0.1, 0.15) is 5.76 Å². The molecule has 2 aromatic rings. The Bertz CT molecular complexity index is 859. The summed E-state index contributed by atoms with van der Waals surface area (Å²) in [6.45, 7) is 10.6. The van der Waals surface area contributed by atoms with E-state index in [0.717, 1.165) is 41.1 Å². The average Bonchev–Trinajstić information content (AvgIpc) is 3.15. The van der Waals surface area contributed by atoms with Crippen LogP contribution in [0.25, 0.3) is 0 Å². The molecule has 0 radical (unpaired) electrons. The number of furan rings is 1. The highest BCUT2D eigenvalue weighted by Gasteiger charge is 2.28. The van der Waals surface area contributed by atoms with E-state index in [-0.39, 0.29) is 12.6 Å². The Balaban J connectivity index is 1.87. The Morgan fingerprint density at radius 2 is 1.74 bits per heavy atom. The van der Waals surface area contributed by atoms with Gasteiger partial charge in [-0.25, -0.2) is 13.1 Å². The average molecular weight is 393 g/mol. The van der Waals surface area contributed by atoms with E-state index in [4.69, 9.17) is 9.15 Å². The number of sulfonamides is 1. The van der Waals surface area contributed by atoms with Gasteiger partial charge in [0.05, 0.1) is 30.4 Å². The van der Waals surface area contributed by atoms with Crippen molar-refractivity contribution in [3.63, 3.8) is 0 Å². The summed E-state index contributed by atoms with van der Waals surface area (Å²) in [5.74, 6) is 0.758. The van der Waals surface area contributed by atoms with Crippen LogP contribution < -0.4 is 4.72 Å². The molecule has 0 saturated carbocycles. The Kier molecular flexibility index (Phi) is 6.05. The van der Waals surface area contributed by atoms with Crippen LogP contribution in [0.3, 0.4) is 0 Å². The first-order chi connectivity index (χ1) is 12.8. The number of morpholine rings is 1. The highest BCUT2D eigenvalue weighted by Crippen LogP contribution is 2.27. The Morgan fingerprint density at radius 1 is 1.11 bits per heavy atom. The molecule has 1 N–H and O–H groups in total. The van der Waals surface area contributed by atoms with Gasteiger partial charge in [0.25, 0.3) is 0 Å². The van der Waals surface area contributed by atoms with E-state index < -0.39 is 10.0 Å². The van der Waals surface area contributed by atoms with Crippen LogP contribution in [-0.2, 0) is 14.8 Å². The Morgan fingerprint density at radius 3 is 2.30 bits per heavy atom. The normalized spacial score (nSPS) is 17.2. The van der Waals surface area contributed by atoms with Crippen LogP contribution in [0.4, 0.5) is 0 Å². The van der Waals surface area contributed by atoms with Gasteiger partial charge in [0, 0.05) is 19.6 Å². The second kappa shape index (κ2) is 8.14. The molecule has 27 heavy (non-hydrogen) atoms. The summed E-state index contributed by atoms with van der Waals surface area (Å²) in [5, 5.41) is 0. The van der Waals surface area contributed by atoms with Gasteiger partial charge in [-0.1, -0.05) is 6.07 Å². The lowest BCUT2D eigenvalue weighted by atomic mass is 10.0. The van der Waals surface area contributed by atoms with Crippen molar-refractivity contribution >= 4 is 10.0 Å². The molecule has 1 aromatic carbocycles. The lowest BCUT2D eigenvalue weighted by Gasteiger charge is -2.33. The molecule has 1 aliphatic heterocycles. The van der Waals surface area contributed by atoms with E-state index in [1.807, 2.05) is 45.9 Å². The minimum atomic E-state index is -3.64. The molecule has 1 unspecified atom stereocenters. The number of nitrogens with one attached hydrogen (secondary N) is 1. The molecule has 148 valence electrons. The van der Waals surface area contributed by atoms with Crippen LogP contribution in [0.5, 0.6) is 0 Å². The van der Waals surface area contributed by atoms with Gasteiger partial charge in [-0.2, -0.15) is 0 Å². The molecular formula is C20H28N2O4S. The van der Waals surface area contributed by atoms with E-state index in [1.165, 1.54) is 0 Å². The summed E-state index contributed by atoms with van der Waals surface area (Å²) in [6, 6.07) is 5.59. The number of hydrogen-bond acceptors (Lipinski definition) is 5. The summed E-state index contributed by atoms with van der Waals surface area (Å²) < 4.78 is 40.1. The molecule has 0 aliphatic carbocycles. The zero-order valence-corrected chi connectivity index (χ0v) is 17.2. The molecule has 3 rings (SSSR count). The third-order valence-corrected chi connectivity index (χ3v) is 7.09. The van der Waals surface area contributed by atoms with E-state index in [0.29, 0.717) is 18.1 Å². The minimum absolute atomic E-state index is 0.162. The van der Waals surface area contributed by atoms with Crippen molar-refractivity contribution in [2.45, 2.75) is 38.6 Å². The number of nitrogens with zero attached hydrogens (tertiary/aromatic N) is 1. The number of rotatable bonds is 6. The predicted molar refractivity (Wildman–Crippen MR) is 104 cm³/mol. The number of aryl methyl sites for hydroxylation is 2. The quantitative estimate of drug-likeness (QED) is 0.818. The van der Waals surface area contributed by atoms with Crippen molar-refractivity contribution in [1.82, 2.24) is 9.62 Å². The van der Waals surface area contributed by atoms with Gasteiger partial charge in [0.2, 0.25) is 10.0 Å². The van der Waals surface area contributed by atoms with E-state index in [9.17, 15) is 8.42 Å². The van der Waals surface area contributed by atoms with Crippen molar-refractivity contribution in [2.75, 3.05) is 32.8 Å². The van der Waals surface area contributed by atoms with Crippen LogP contribution in [0, 0.1) is 27.7 Å². The molecule has 0 amide bonds. The third kappa shape index (κ3) is 4.27. The molecule has 7 heteroatoms. The van der Waals surface area contributed by atoms with Gasteiger partial charge in [-0.15, -0.1) is 0 Å². The van der Waals surface area contributed by atoms with Crippen molar-refractivity contribution < 1.29 is 17.6 Å². The minimum Gasteiger partial charge on any atom is -0.468 e. The van der Waals surface area contributed by atoms with Gasteiger partial charge in [0.15, 0.2) is 0 Å². The molecule has 1 atom stereocenters. The van der Waals surface area contributed by atoms with Gasteiger partial charge in [-0.05, 0) is 62.1 Å².